The second-order valence-electron chi connectivity index (χ2n) is 10.9. The van der Waals surface area contributed by atoms with Gasteiger partial charge in [-0.25, -0.2) is 9.78 Å². The number of anilines is 6. The zero-order chi connectivity index (χ0) is 32.0. The topological polar surface area (TPSA) is 156 Å². The number of nitrogens with one attached hydrogen (secondary N) is 3. The number of ether oxygens (including phenoxy) is 3. The summed E-state index contributed by atoms with van der Waals surface area (Å²) in [5.41, 5.74) is 0.963. The van der Waals surface area contributed by atoms with Crippen molar-refractivity contribution >= 4 is 57.9 Å². The molecule has 236 valence electrons. The van der Waals surface area contributed by atoms with E-state index < -0.39 is 16.6 Å². The summed E-state index contributed by atoms with van der Waals surface area (Å²) < 4.78 is 16.4. The second-order valence-corrected chi connectivity index (χ2v) is 11.3. The van der Waals surface area contributed by atoms with Crippen molar-refractivity contribution in [3.8, 4) is 11.5 Å². The number of aromatic nitrogens is 2. The minimum Gasteiger partial charge on any atom is -0.495 e. The fourth-order valence-electron chi connectivity index (χ4n) is 4.60. The minimum absolute atomic E-state index is 0.0652. The third kappa shape index (κ3) is 8.08. The Labute approximate surface area is 260 Å². The van der Waals surface area contributed by atoms with Gasteiger partial charge in [-0.1, -0.05) is 18.5 Å². The molecule has 15 heteroatoms. The van der Waals surface area contributed by atoms with E-state index in [0.29, 0.717) is 47.3 Å². The maximum atomic E-state index is 12.3. The molecule has 0 spiro atoms. The number of nitro benzene ring substituents is 1. The van der Waals surface area contributed by atoms with Gasteiger partial charge in [-0.3, -0.25) is 15.4 Å². The number of likely N-dealkylation sites (N-methyl/N-ethyl adjacent to an activating group) is 1. The molecule has 14 nitrogen and oxygen atoms in total. The molecule has 0 radical (unpaired) electrons. The van der Waals surface area contributed by atoms with Crippen LogP contribution in [0.3, 0.4) is 0 Å². The van der Waals surface area contributed by atoms with Gasteiger partial charge in [0.05, 0.1) is 36.7 Å². The summed E-state index contributed by atoms with van der Waals surface area (Å²) in [6.45, 7) is 11.3. The first-order chi connectivity index (χ1) is 20.9. The molecule has 0 aliphatic carbocycles. The van der Waals surface area contributed by atoms with Crippen LogP contribution in [-0.4, -0.2) is 78.4 Å². The first-order valence-electron chi connectivity index (χ1n) is 14.0. The van der Waals surface area contributed by atoms with Crippen LogP contribution in [-0.2, 0) is 4.74 Å². The Bertz CT molecular complexity index is 1510. The number of methoxy groups -OCH3 is 2. The van der Waals surface area contributed by atoms with Gasteiger partial charge < -0.3 is 34.6 Å². The van der Waals surface area contributed by atoms with E-state index in [9.17, 15) is 14.9 Å². The Kier molecular flexibility index (Phi) is 10.2. The molecule has 1 aliphatic rings. The van der Waals surface area contributed by atoms with Gasteiger partial charge in [0.1, 0.15) is 27.8 Å². The maximum absolute atomic E-state index is 12.3. The van der Waals surface area contributed by atoms with Crippen molar-refractivity contribution in [1.29, 1.82) is 0 Å². The fourth-order valence-corrected chi connectivity index (χ4v) is 4.73. The first kappa shape index (κ1) is 32.4. The lowest BCUT2D eigenvalue weighted by molar-refractivity contribution is -0.384. The molecule has 0 unspecified atom stereocenters. The number of nitrogens with zero attached hydrogens (tertiary/aromatic N) is 5. The number of hydrogen-bond acceptors (Lipinski definition) is 12. The molecule has 1 amide bonds. The zero-order valence-electron chi connectivity index (χ0n) is 25.6. The van der Waals surface area contributed by atoms with Gasteiger partial charge in [-0.15, -0.1) is 0 Å². The summed E-state index contributed by atoms with van der Waals surface area (Å²) in [6, 6.07) is 8.04. The molecule has 3 aromatic rings. The van der Waals surface area contributed by atoms with E-state index in [-0.39, 0.29) is 22.5 Å². The van der Waals surface area contributed by atoms with Crippen LogP contribution in [0.1, 0.15) is 27.7 Å². The molecule has 1 saturated heterocycles. The zero-order valence-corrected chi connectivity index (χ0v) is 26.3. The highest BCUT2D eigenvalue weighted by Crippen LogP contribution is 2.40. The SMILES string of the molecule is CCN1CCN(c2cc(OC)c(Nc3ncc(Cl)c(Nc4cc(NC(=O)OC(C)(C)C)ccc4OC)n3)cc2[N+](=O)[O-])CC1. The Morgan fingerprint density at radius 2 is 1.73 bits per heavy atom. The number of carbonyl (C=O) groups is 1. The quantitative estimate of drug-likeness (QED) is 0.177. The fraction of sp³-hybridized carbons (Fsp3) is 0.414. The van der Waals surface area contributed by atoms with Gasteiger partial charge in [0, 0.05) is 44.0 Å². The number of carbonyl (C=O) groups excluding carboxylic acids is 1. The van der Waals surface area contributed by atoms with Gasteiger partial charge in [0.2, 0.25) is 5.95 Å². The van der Waals surface area contributed by atoms with E-state index >= 15 is 0 Å². The van der Waals surface area contributed by atoms with Crippen molar-refractivity contribution in [2.45, 2.75) is 33.3 Å². The van der Waals surface area contributed by atoms with Gasteiger partial charge in [0.15, 0.2) is 5.82 Å². The van der Waals surface area contributed by atoms with E-state index in [1.165, 1.54) is 26.5 Å². The molecule has 2 heterocycles. The lowest BCUT2D eigenvalue weighted by Crippen LogP contribution is -2.46. The van der Waals surface area contributed by atoms with Crippen molar-refractivity contribution in [2.24, 2.45) is 0 Å². The lowest BCUT2D eigenvalue weighted by Gasteiger charge is -2.35. The molecule has 1 aromatic heterocycles. The molecule has 0 saturated carbocycles. The molecule has 3 N–H and O–H groups in total. The molecular weight excluding hydrogens is 592 g/mol. The summed E-state index contributed by atoms with van der Waals surface area (Å²) in [7, 11) is 2.99. The first-order valence-corrected chi connectivity index (χ1v) is 14.4. The molecule has 0 bridgehead atoms. The smallest absolute Gasteiger partial charge is 0.412 e. The lowest BCUT2D eigenvalue weighted by atomic mass is 10.1. The summed E-state index contributed by atoms with van der Waals surface area (Å²) >= 11 is 6.43. The van der Waals surface area contributed by atoms with E-state index in [4.69, 9.17) is 25.8 Å². The molecule has 44 heavy (non-hydrogen) atoms. The van der Waals surface area contributed by atoms with Crippen molar-refractivity contribution in [3.05, 3.63) is 51.7 Å². The predicted octanol–water partition coefficient (Wildman–Crippen LogP) is 6.03. The van der Waals surface area contributed by atoms with Crippen molar-refractivity contribution < 1.29 is 23.9 Å². The van der Waals surface area contributed by atoms with Gasteiger partial charge >= 0.3 is 6.09 Å². The van der Waals surface area contributed by atoms with E-state index in [0.717, 1.165) is 19.6 Å². The second kappa shape index (κ2) is 13.8. The van der Waals surface area contributed by atoms with Crippen LogP contribution >= 0.6 is 11.6 Å². The minimum atomic E-state index is -0.664. The Morgan fingerprint density at radius 3 is 2.34 bits per heavy atom. The number of amides is 1. The molecule has 1 aliphatic heterocycles. The summed E-state index contributed by atoms with van der Waals surface area (Å²) in [4.78, 5) is 37.0. The highest BCUT2D eigenvalue weighted by molar-refractivity contribution is 6.33. The van der Waals surface area contributed by atoms with Crippen LogP contribution in [0.4, 0.5) is 45.0 Å². The van der Waals surface area contributed by atoms with Crippen LogP contribution in [0.5, 0.6) is 11.5 Å². The average molecular weight is 629 g/mol. The summed E-state index contributed by atoms with van der Waals surface area (Å²) in [6.07, 6.45) is 0.772. The summed E-state index contributed by atoms with van der Waals surface area (Å²) in [5.74, 6) is 1.17. The Morgan fingerprint density at radius 1 is 1.05 bits per heavy atom. The van der Waals surface area contributed by atoms with Gasteiger partial charge in [0.25, 0.3) is 5.69 Å². The highest BCUT2D eigenvalue weighted by atomic mass is 35.5. The normalized spacial score (nSPS) is 13.7. The number of hydrogen-bond donors (Lipinski definition) is 3. The molecular formula is C29H37ClN8O6. The molecule has 0 atom stereocenters. The number of benzene rings is 2. The van der Waals surface area contributed by atoms with Gasteiger partial charge in [-0.05, 0) is 45.5 Å². The maximum Gasteiger partial charge on any atom is 0.412 e. The third-order valence-corrected chi connectivity index (χ3v) is 7.02. The van der Waals surface area contributed by atoms with Crippen LogP contribution in [0, 0.1) is 10.1 Å². The van der Waals surface area contributed by atoms with Crippen LogP contribution < -0.4 is 30.3 Å². The predicted molar refractivity (Wildman–Crippen MR) is 170 cm³/mol. The van der Waals surface area contributed by atoms with Crippen molar-refractivity contribution in [2.75, 3.05) is 67.8 Å². The Hall–Kier alpha value is -4.56. The largest absolute Gasteiger partial charge is 0.495 e. The summed E-state index contributed by atoms with van der Waals surface area (Å²) in [5, 5.41) is 21.1. The third-order valence-electron chi connectivity index (χ3n) is 6.74. The van der Waals surface area contributed by atoms with Crippen LogP contribution in [0.2, 0.25) is 5.02 Å². The standard InChI is InChI=1S/C29H37ClN8O6/c1-7-36-10-12-37(13-11-36)22-16-25(43-6)21(15-23(22)38(40)41)34-27-31-17-19(30)26(35-27)33-20-14-18(8-9-24(20)42-5)32-28(39)44-29(2,3)4/h8-9,14-17H,7,10-13H2,1-6H3,(H,32,39)(H2,31,33,34,35). The van der Waals surface area contributed by atoms with E-state index in [1.54, 1.807) is 45.0 Å². The molecule has 4 rings (SSSR count). The molecule has 1 fully saturated rings. The number of piperazine rings is 1. The number of rotatable bonds is 10. The average Bonchev–Trinajstić information content (AvgIpc) is 2.97. The van der Waals surface area contributed by atoms with Gasteiger partial charge in [-0.2, -0.15) is 4.98 Å². The highest BCUT2D eigenvalue weighted by Gasteiger charge is 2.26. The Balaban J connectivity index is 1.60. The van der Waals surface area contributed by atoms with E-state index in [1.807, 2.05) is 4.90 Å². The molecule has 2 aromatic carbocycles. The van der Waals surface area contributed by atoms with Crippen molar-refractivity contribution in [1.82, 2.24) is 14.9 Å². The van der Waals surface area contributed by atoms with E-state index in [2.05, 4.69) is 37.7 Å². The van der Waals surface area contributed by atoms with Crippen molar-refractivity contribution in [3.63, 3.8) is 0 Å². The van der Waals surface area contributed by atoms with Crippen LogP contribution in [0.25, 0.3) is 0 Å². The number of halogens is 1. The van der Waals surface area contributed by atoms with Crippen LogP contribution in [0.15, 0.2) is 36.5 Å². The monoisotopic (exact) mass is 628 g/mol. The number of nitro groups is 1.